The quantitative estimate of drug-likeness (QED) is 0.231. The van der Waals surface area contributed by atoms with E-state index in [1.807, 2.05) is 42.5 Å². The van der Waals surface area contributed by atoms with Crippen molar-refractivity contribution >= 4 is 46.0 Å². The van der Waals surface area contributed by atoms with Crippen LogP contribution in [0.15, 0.2) is 67.8 Å². The molecule has 6 atom stereocenters. The first-order valence-corrected chi connectivity index (χ1v) is 15.0. The second kappa shape index (κ2) is 11.8. The Morgan fingerprint density at radius 1 is 1.18 bits per heavy atom. The molecule has 1 N–H and O–H groups in total. The van der Waals surface area contributed by atoms with Crippen LogP contribution < -0.4 is 4.90 Å². The standard InChI is InChI=1S/C32H38N2O5S/c1-4-6-9-18-39-31(38)26-25-19-21(3)32(40-25)27(26)29(36)34(16-10-17-35)28(32)30(37)33(15-5-2)24-14-13-22-11-7-8-12-23(22)20-24/h4-5,7-8,11-14,20-21,25-28,35H,1-2,6,9-10,15-19H2,3H3/t21?,25-,26+,27-,28?,32?/m0/s1. The molecule has 5 rings (SSSR count). The molecule has 3 fully saturated rings. The molecule has 212 valence electrons. The lowest BCUT2D eigenvalue weighted by atomic mass is 9.66. The molecule has 3 saturated heterocycles. The second-order valence-corrected chi connectivity index (χ2v) is 12.6. The minimum absolute atomic E-state index is 0.0523. The monoisotopic (exact) mass is 562 g/mol. The number of rotatable bonds is 12. The molecular formula is C32H38N2O5S. The molecule has 3 aliphatic rings. The van der Waals surface area contributed by atoms with Crippen LogP contribution >= 0.6 is 11.8 Å². The zero-order chi connectivity index (χ0) is 28.4. The largest absolute Gasteiger partial charge is 0.465 e. The summed E-state index contributed by atoms with van der Waals surface area (Å²) in [6.07, 6.45) is 6.02. The maximum atomic E-state index is 14.7. The van der Waals surface area contributed by atoms with Crippen LogP contribution in [0.5, 0.6) is 0 Å². The smallest absolute Gasteiger partial charge is 0.310 e. The predicted molar refractivity (Wildman–Crippen MR) is 159 cm³/mol. The number of carbonyl (C=O) groups excluding carboxylic acids is 3. The van der Waals surface area contributed by atoms with E-state index in [0.717, 1.165) is 29.3 Å². The first kappa shape index (κ1) is 28.4. The third-order valence-electron chi connectivity index (χ3n) is 8.73. The van der Waals surface area contributed by atoms with Crippen LogP contribution in [0.25, 0.3) is 10.8 Å². The van der Waals surface area contributed by atoms with E-state index in [1.54, 1.807) is 33.7 Å². The van der Waals surface area contributed by atoms with Crippen molar-refractivity contribution in [1.82, 2.24) is 4.90 Å². The molecule has 0 saturated carbocycles. The van der Waals surface area contributed by atoms with Crippen molar-refractivity contribution in [3.8, 4) is 0 Å². The Morgan fingerprint density at radius 3 is 2.67 bits per heavy atom. The lowest BCUT2D eigenvalue weighted by Gasteiger charge is -2.40. The Hall–Kier alpha value is -3.10. The van der Waals surface area contributed by atoms with Gasteiger partial charge in [-0.15, -0.1) is 24.9 Å². The maximum absolute atomic E-state index is 14.7. The first-order valence-electron chi connectivity index (χ1n) is 14.2. The highest BCUT2D eigenvalue weighted by Crippen LogP contribution is 2.68. The predicted octanol–water partition coefficient (Wildman–Crippen LogP) is 4.59. The minimum Gasteiger partial charge on any atom is -0.465 e. The van der Waals surface area contributed by atoms with Crippen molar-refractivity contribution in [3.05, 3.63) is 67.8 Å². The van der Waals surface area contributed by atoms with Crippen molar-refractivity contribution in [1.29, 1.82) is 0 Å². The van der Waals surface area contributed by atoms with Crippen molar-refractivity contribution in [2.45, 2.75) is 48.6 Å². The topological polar surface area (TPSA) is 87.2 Å². The van der Waals surface area contributed by atoms with Crippen LogP contribution in [0, 0.1) is 17.8 Å². The van der Waals surface area contributed by atoms with Crippen molar-refractivity contribution in [3.63, 3.8) is 0 Å². The molecule has 40 heavy (non-hydrogen) atoms. The molecule has 0 aliphatic carbocycles. The summed E-state index contributed by atoms with van der Waals surface area (Å²) >= 11 is 1.63. The molecule has 0 radical (unpaired) electrons. The van der Waals surface area contributed by atoms with Gasteiger partial charge in [0.2, 0.25) is 5.91 Å². The van der Waals surface area contributed by atoms with Crippen molar-refractivity contribution < 1.29 is 24.2 Å². The number of thioether (sulfide) groups is 1. The van der Waals surface area contributed by atoms with E-state index in [1.165, 1.54) is 0 Å². The first-order chi connectivity index (χ1) is 19.4. The number of fused-ring (bicyclic) bond motifs is 2. The van der Waals surface area contributed by atoms with Gasteiger partial charge in [-0.1, -0.05) is 49.4 Å². The number of allylic oxidation sites excluding steroid dienone is 1. The summed E-state index contributed by atoms with van der Waals surface area (Å²) < 4.78 is 4.92. The Morgan fingerprint density at radius 2 is 1.95 bits per heavy atom. The minimum atomic E-state index is -0.758. The number of ether oxygens (including phenoxy) is 1. The number of esters is 1. The van der Waals surface area contributed by atoms with Crippen LogP contribution in [-0.2, 0) is 19.1 Å². The summed E-state index contributed by atoms with van der Waals surface area (Å²) in [6.45, 7) is 10.4. The fraction of sp³-hybridized carbons (Fsp3) is 0.469. The number of carbonyl (C=O) groups is 3. The highest BCUT2D eigenvalue weighted by atomic mass is 32.2. The summed E-state index contributed by atoms with van der Waals surface area (Å²) in [5.41, 5.74) is 0.737. The Labute approximate surface area is 240 Å². The van der Waals surface area contributed by atoms with Gasteiger partial charge < -0.3 is 19.6 Å². The van der Waals surface area contributed by atoms with E-state index in [0.29, 0.717) is 12.8 Å². The number of anilines is 1. The Balaban J connectivity index is 1.53. The van der Waals surface area contributed by atoms with E-state index in [9.17, 15) is 19.5 Å². The number of hydrogen-bond acceptors (Lipinski definition) is 6. The molecule has 3 unspecified atom stereocenters. The lowest BCUT2D eigenvalue weighted by molar-refractivity contribution is -0.154. The molecule has 2 amide bonds. The van der Waals surface area contributed by atoms with Gasteiger partial charge in [-0.2, -0.15) is 0 Å². The lowest BCUT2D eigenvalue weighted by Crippen LogP contribution is -2.57. The third kappa shape index (κ3) is 4.65. The van der Waals surface area contributed by atoms with E-state index < -0.39 is 22.6 Å². The van der Waals surface area contributed by atoms with Crippen LogP contribution in [-0.4, -0.2) is 70.1 Å². The van der Waals surface area contributed by atoms with Gasteiger partial charge in [-0.3, -0.25) is 14.4 Å². The van der Waals surface area contributed by atoms with Gasteiger partial charge in [-0.05, 0) is 54.5 Å². The van der Waals surface area contributed by atoms with Crippen LogP contribution in [0.1, 0.15) is 32.6 Å². The number of unbranched alkanes of at least 4 members (excludes halogenated alkanes) is 1. The molecule has 3 heterocycles. The zero-order valence-electron chi connectivity index (χ0n) is 23.0. The van der Waals surface area contributed by atoms with Crippen molar-refractivity contribution in [2.75, 3.05) is 31.2 Å². The third-order valence-corrected chi connectivity index (χ3v) is 10.8. The van der Waals surface area contributed by atoms with Gasteiger partial charge >= 0.3 is 5.97 Å². The number of nitrogens with zero attached hydrogens (tertiary/aromatic N) is 2. The maximum Gasteiger partial charge on any atom is 0.310 e. The molecule has 7 nitrogen and oxygen atoms in total. The number of aliphatic hydroxyl groups excluding tert-OH is 1. The molecule has 2 bridgehead atoms. The number of likely N-dealkylation sites (tertiary alicyclic amines) is 1. The van der Waals surface area contributed by atoms with Crippen LogP contribution in [0.2, 0.25) is 0 Å². The van der Waals surface area contributed by atoms with Gasteiger partial charge in [0, 0.05) is 30.6 Å². The molecule has 2 aromatic rings. The summed E-state index contributed by atoms with van der Waals surface area (Å²) in [5.74, 6) is -1.87. The summed E-state index contributed by atoms with van der Waals surface area (Å²) in [4.78, 5) is 45.5. The second-order valence-electron chi connectivity index (χ2n) is 11.0. The fourth-order valence-electron chi connectivity index (χ4n) is 6.99. The molecular weight excluding hydrogens is 524 g/mol. The SMILES string of the molecule is C=CCCCOC(=O)[C@@H]1[C@@H]2CC(C)C3(S2)C(C(=O)N(CC=C)c2ccc4ccccc4c2)N(CCCO)C(=O)[C@H]13. The Kier molecular flexibility index (Phi) is 8.38. The number of aliphatic hydroxyl groups is 1. The zero-order valence-corrected chi connectivity index (χ0v) is 23.9. The van der Waals surface area contributed by atoms with Gasteiger partial charge in [0.25, 0.3) is 5.91 Å². The van der Waals surface area contributed by atoms with Gasteiger partial charge in [-0.25, -0.2) is 0 Å². The van der Waals surface area contributed by atoms with Gasteiger partial charge in [0.05, 0.1) is 23.2 Å². The molecule has 8 heteroatoms. The summed E-state index contributed by atoms with van der Waals surface area (Å²) in [7, 11) is 0. The number of hydrogen-bond donors (Lipinski definition) is 1. The highest BCUT2D eigenvalue weighted by Gasteiger charge is 2.76. The van der Waals surface area contributed by atoms with Gasteiger partial charge in [0.15, 0.2) is 0 Å². The average molecular weight is 563 g/mol. The van der Waals surface area contributed by atoms with Crippen LogP contribution in [0.4, 0.5) is 5.69 Å². The van der Waals surface area contributed by atoms with Crippen molar-refractivity contribution in [2.24, 2.45) is 17.8 Å². The summed E-state index contributed by atoms with van der Waals surface area (Å²) in [5, 5.41) is 11.7. The fourth-order valence-corrected chi connectivity index (χ4v) is 9.39. The number of benzene rings is 2. The van der Waals surface area contributed by atoms with Crippen LogP contribution in [0.3, 0.4) is 0 Å². The van der Waals surface area contributed by atoms with E-state index in [2.05, 4.69) is 20.1 Å². The van der Waals surface area contributed by atoms with E-state index in [4.69, 9.17) is 4.74 Å². The Bertz CT molecular complexity index is 1310. The van der Waals surface area contributed by atoms with E-state index >= 15 is 0 Å². The number of amides is 2. The van der Waals surface area contributed by atoms with E-state index in [-0.39, 0.29) is 55.3 Å². The molecule has 0 aromatic heterocycles. The average Bonchev–Trinajstić information content (AvgIpc) is 3.55. The molecule has 2 aromatic carbocycles. The molecule has 3 aliphatic heterocycles. The molecule has 1 spiro atoms. The normalized spacial score (nSPS) is 28.5. The highest BCUT2D eigenvalue weighted by molar-refractivity contribution is 8.02. The summed E-state index contributed by atoms with van der Waals surface area (Å²) in [6, 6.07) is 13.1. The van der Waals surface area contributed by atoms with Gasteiger partial charge in [0.1, 0.15) is 6.04 Å².